The molecule has 0 aliphatic carbocycles. The van der Waals surface area contributed by atoms with Gasteiger partial charge in [0.2, 0.25) is 11.5 Å². The SMILES string of the molecule is CC(C)OCC1OC(C#N)(c2ccc3c(=O)[nH]c(N)nn23)C(O)C1O. The highest BCUT2D eigenvalue weighted by atomic mass is 16.6. The smallest absolute Gasteiger partial charge is 0.276 e. The van der Waals surface area contributed by atoms with E-state index in [0.29, 0.717) is 0 Å². The molecular weight excluding hydrogens is 330 g/mol. The van der Waals surface area contributed by atoms with Crippen LogP contribution in [0.5, 0.6) is 0 Å². The van der Waals surface area contributed by atoms with E-state index in [-0.39, 0.29) is 29.9 Å². The molecule has 25 heavy (non-hydrogen) atoms. The summed E-state index contributed by atoms with van der Waals surface area (Å²) in [7, 11) is 0. The van der Waals surface area contributed by atoms with E-state index in [9.17, 15) is 20.3 Å². The van der Waals surface area contributed by atoms with E-state index >= 15 is 0 Å². The first kappa shape index (κ1) is 17.4. The number of hydrogen-bond acceptors (Lipinski definition) is 8. The normalized spacial score (nSPS) is 29.4. The van der Waals surface area contributed by atoms with Crippen LogP contribution in [0, 0.1) is 11.3 Å². The van der Waals surface area contributed by atoms with E-state index in [2.05, 4.69) is 10.1 Å². The molecule has 4 unspecified atom stereocenters. The maximum Gasteiger partial charge on any atom is 0.276 e. The van der Waals surface area contributed by atoms with Gasteiger partial charge in [-0.25, -0.2) is 4.52 Å². The molecule has 10 nitrogen and oxygen atoms in total. The number of hydrogen-bond donors (Lipinski definition) is 4. The van der Waals surface area contributed by atoms with E-state index in [1.54, 1.807) is 0 Å². The Morgan fingerprint density at radius 2 is 2.28 bits per heavy atom. The van der Waals surface area contributed by atoms with E-state index in [4.69, 9.17) is 15.2 Å². The van der Waals surface area contributed by atoms with Gasteiger partial charge in [0.15, 0.2) is 0 Å². The molecule has 1 aliphatic rings. The summed E-state index contributed by atoms with van der Waals surface area (Å²) in [5.74, 6) is -0.157. The highest BCUT2D eigenvalue weighted by Crippen LogP contribution is 2.40. The lowest BCUT2D eigenvalue weighted by molar-refractivity contribution is -0.0846. The van der Waals surface area contributed by atoms with Crippen molar-refractivity contribution in [1.29, 1.82) is 5.26 Å². The molecule has 0 saturated carbocycles. The number of nitrogens with one attached hydrogen (secondary N) is 1. The van der Waals surface area contributed by atoms with Gasteiger partial charge in [0, 0.05) is 0 Å². The molecule has 0 amide bonds. The third kappa shape index (κ3) is 2.67. The molecule has 2 aromatic rings. The summed E-state index contributed by atoms with van der Waals surface area (Å²) >= 11 is 0. The largest absolute Gasteiger partial charge is 0.387 e. The molecule has 0 bridgehead atoms. The Morgan fingerprint density at radius 1 is 1.56 bits per heavy atom. The third-order valence-corrected chi connectivity index (χ3v) is 4.14. The zero-order chi connectivity index (χ0) is 18.4. The maximum absolute atomic E-state index is 12.0. The quantitative estimate of drug-likeness (QED) is 0.539. The summed E-state index contributed by atoms with van der Waals surface area (Å²) in [4.78, 5) is 14.3. The third-order valence-electron chi connectivity index (χ3n) is 4.14. The van der Waals surface area contributed by atoms with Crippen molar-refractivity contribution in [2.75, 3.05) is 12.3 Å². The van der Waals surface area contributed by atoms with Crippen LogP contribution in [-0.2, 0) is 15.1 Å². The van der Waals surface area contributed by atoms with Crippen molar-refractivity contribution >= 4 is 11.5 Å². The van der Waals surface area contributed by atoms with Gasteiger partial charge in [0.1, 0.15) is 29.9 Å². The van der Waals surface area contributed by atoms with Crippen molar-refractivity contribution in [1.82, 2.24) is 14.6 Å². The highest BCUT2D eigenvalue weighted by Gasteiger charge is 2.57. The topological polar surface area (TPSA) is 159 Å². The van der Waals surface area contributed by atoms with Crippen molar-refractivity contribution in [2.24, 2.45) is 0 Å². The van der Waals surface area contributed by atoms with E-state index in [1.807, 2.05) is 19.9 Å². The zero-order valence-corrected chi connectivity index (χ0v) is 13.7. The van der Waals surface area contributed by atoms with E-state index in [1.165, 1.54) is 12.1 Å². The van der Waals surface area contributed by atoms with Crippen molar-refractivity contribution < 1.29 is 19.7 Å². The van der Waals surface area contributed by atoms with Crippen molar-refractivity contribution in [3.63, 3.8) is 0 Å². The summed E-state index contributed by atoms with van der Waals surface area (Å²) in [5.41, 5.74) is 3.38. The Morgan fingerprint density at radius 3 is 2.92 bits per heavy atom. The van der Waals surface area contributed by atoms with E-state index in [0.717, 1.165) is 4.52 Å². The number of ether oxygens (including phenoxy) is 2. The van der Waals surface area contributed by atoms with Crippen molar-refractivity contribution in [3.05, 3.63) is 28.2 Å². The molecule has 10 heteroatoms. The van der Waals surface area contributed by atoms with Crippen LogP contribution in [0.2, 0.25) is 0 Å². The first-order valence-corrected chi connectivity index (χ1v) is 7.75. The summed E-state index contributed by atoms with van der Waals surface area (Å²) in [6.07, 6.45) is -3.93. The van der Waals surface area contributed by atoms with Crippen LogP contribution in [0.1, 0.15) is 19.5 Å². The van der Waals surface area contributed by atoms with Gasteiger partial charge in [0.05, 0.1) is 18.4 Å². The molecule has 0 aromatic carbocycles. The number of H-pyrrole nitrogens is 1. The number of aromatic amines is 1. The molecule has 1 saturated heterocycles. The fraction of sp³-hybridized carbons (Fsp3) is 0.533. The van der Waals surface area contributed by atoms with Crippen LogP contribution in [0.25, 0.3) is 5.52 Å². The fourth-order valence-corrected chi connectivity index (χ4v) is 2.91. The van der Waals surface area contributed by atoms with Gasteiger partial charge in [-0.3, -0.25) is 9.78 Å². The van der Waals surface area contributed by atoms with Gasteiger partial charge < -0.3 is 25.4 Å². The van der Waals surface area contributed by atoms with Crippen LogP contribution < -0.4 is 11.3 Å². The van der Waals surface area contributed by atoms with Crippen LogP contribution in [0.4, 0.5) is 5.95 Å². The molecular formula is C15H19N5O5. The Labute approximate surface area is 142 Å². The lowest BCUT2D eigenvalue weighted by Crippen LogP contribution is -2.41. The number of rotatable bonds is 4. The van der Waals surface area contributed by atoms with Crippen LogP contribution in [0.3, 0.4) is 0 Å². The minimum atomic E-state index is -1.91. The maximum atomic E-state index is 12.0. The number of nitrogens with two attached hydrogens (primary N) is 1. The predicted octanol–water partition coefficient (Wildman–Crippen LogP) is -1.13. The van der Waals surface area contributed by atoms with Crippen molar-refractivity contribution in [3.8, 4) is 6.07 Å². The number of fused-ring (bicyclic) bond motifs is 1. The summed E-state index contributed by atoms with van der Waals surface area (Å²) in [6, 6.07) is 4.77. The minimum Gasteiger partial charge on any atom is -0.387 e. The molecule has 0 spiro atoms. The second-order valence-electron chi connectivity index (χ2n) is 6.18. The minimum absolute atomic E-state index is 0.00121. The second-order valence-corrected chi connectivity index (χ2v) is 6.18. The van der Waals surface area contributed by atoms with Gasteiger partial charge in [-0.2, -0.15) is 5.26 Å². The van der Waals surface area contributed by atoms with Crippen LogP contribution >= 0.6 is 0 Å². The molecule has 3 heterocycles. The zero-order valence-electron chi connectivity index (χ0n) is 13.7. The average Bonchev–Trinajstić information content (AvgIpc) is 3.08. The molecule has 5 N–H and O–H groups in total. The number of aliphatic hydroxyl groups is 2. The summed E-state index contributed by atoms with van der Waals surface area (Å²) in [6.45, 7) is 3.63. The van der Waals surface area contributed by atoms with Gasteiger partial charge in [-0.05, 0) is 26.0 Å². The number of aliphatic hydroxyl groups excluding tert-OH is 2. The van der Waals surface area contributed by atoms with E-state index < -0.39 is 29.5 Å². The Kier molecular flexibility index (Phi) is 4.26. The van der Waals surface area contributed by atoms with Gasteiger partial charge >= 0.3 is 0 Å². The molecule has 1 aliphatic heterocycles. The van der Waals surface area contributed by atoms with Gasteiger partial charge in [-0.1, -0.05) is 0 Å². The first-order chi connectivity index (χ1) is 11.8. The monoisotopic (exact) mass is 349 g/mol. The standard InChI is InChI=1S/C15H19N5O5/c1-7(2)24-5-9-11(21)12(22)15(6-16,25-9)10-4-3-8-13(23)18-14(17)19-20(8)10/h3-4,7,9,11-12,21-22H,5H2,1-2H3,(H3,17,18,19,23). The molecule has 1 fully saturated rings. The summed E-state index contributed by atoms with van der Waals surface area (Å²) < 4.78 is 12.3. The molecule has 4 atom stereocenters. The summed E-state index contributed by atoms with van der Waals surface area (Å²) in [5, 5.41) is 34.5. The fourth-order valence-electron chi connectivity index (χ4n) is 2.91. The van der Waals surface area contributed by atoms with Crippen LogP contribution in [0.15, 0.2) is 16.9 Å². The lowest BCUT2D eigenvalue weighted by Gasteiger charge is -2.24. The molecule has 134 valence electrons. The lowest BCUT2D eigenvalue weighted by atomic mass is 9.92. The number of nitrogen functional groups attached to an aromatic ring is 1. The first-order valence-electron chi connectivity index (χ1n) is 7.75. The Bertz CT molecular complexity index is 885. The number of anilines is 1. The van der Waals surface area contributed by atoms with Crippen LogP contribution in [-0.4, -0.2) is 55.8 Å². The molecule has 0 radical (unpaired) electrons. The predicted molar refractivity (Wildman–Crippen MR) is 85.5 cm³/mol. The highest BCUT2D eigenvalue weighted by molar-refractivity contribution is 5.50. The van der Waals surface area contributed by atoms with Gasteiger partial charge in [-0.15, -0.1) is 5.10 Å². The number of nitrogens with zero attached hydrogens (tertiary/aromatic N) is 3. The number of aromatic nitrogens is 3. The molecule has 2 aromatic heterocycles. The van der Waals surface area contributed by atoms with Gasteiger partial charge in [0.25, 0.3) is 5.56 Å². The van der Waals surface area contributed by atoms with Crippen molar-refractivity contribution in [2.45, 2.75) is 43.9 Å². The molecule has 3 rings (SSSR count). The second kappa shape index (κ2) is 6.12. The number of nitriles is 1. The Hall–Kier alpha value is -2.45. The average molecular weight is 349 g/mol. The Balaban J connectivity index is 2.08.